The Morgan fingerprint density at radius 2 is 1.91 bits per heavy atom. The second kappa shape index (κ2) is 11.7. The summed E-state index contributed by atoms with van der Waals surface area (Å²) in [5.74, 6) is -0.161. The summed E-state index contributed by atoms with van der Waals surface area (Å²) in [6.07, 6.45) is 3.46. The van der Waals surface area contributed by atoms with Gasteiger partial charge in [-0.3, -0.25) is 14.8 Å². The van der Waals surface area contributed by atoms with Crippen LogP contribution < -0.4 is 0 Å². The minimum atomic E-state index is -0.161. The smallest absolute Gasteiger partial charge is 0.254 e. The van der Waals surface area contributed by atoms with E-state index >= 15 is 0 Å². The number of halogens is 1. The van der Waals surface area contributed by atoms with Crippen LogP contribution in [0.1, 0.15) is 39.5 Å². The summed E-state index contributed by atoms with van der Waals surface area (Å²) >= 11 is 6.18. The SMILES string of the molecule is C=N/C(=C(/Cl)C=NCC)c1ccc2c(c1)C(=O)N(CC=O)C2.CN1CCc2ccccc2C1. The first kappa shape index (κ1) is 24.6. The van der Waals surface area contributed by atoms with Gasteiger partial charge in [0.2, 0.25) is 0 Å². The van der Waals surface area contributed by atoms with E-state index in [4.69, 9.17) is 11.6 Å². The lowest BCUT2D eigenvalue weighted by atomic mass is 10.0. The molecule has 0 radical (unpaired) electrons. The Kier molecular flexibility index (Phi) is 8.69. The van der Waals surface area contributed by atoms with Crippen molar-refractivity contribution in [1.29, 1.82) is 0 Å². The number of allylic oxidation sites excluding steroid dienone is 1. The van der Waals surface area contributed by atoms with Gasteiger partial charge in [-0.25, -0.2) is 0 Å². The van der Waals surface area contributed by atoms with E-state index in [1.807, 2.05) is 19.1 Å². The second-order valence-corrected chi connectivity index (χ2v) is 8.37. The van der Waals surface area contributed by atoms with Crippen LogP contribution in [0.5, 0.6) is 0 Å². The molecule has 33 heavy (non-hydrogen) atoms. The van der Waals surface area contributed by atoms with Crippen molar-refractivity contribution in [3.05, 3.63) is 75.3 Å². The van der Waals surface area contributed by atoms with Crippen molar-refractivity contribution in [2.45, 2.75) is 26.4 Å². The molecule has 0 fully saturated rings. The Bertz CT molecular complexity index is 1090. The van der Waals surface area contributed by atoms with Crippen molar-refractivity contribution >= 4 is 42.4 Å². The molecule has 0 N–H and O–H groups in total. The van der Waals surface area contributed by atoms with Crippen molar-refractivity contribution in [2.75, 3.05) is 26.7 Å². The zero-order valence-corrected chi connectivity index (χ0v) is 19.9. The van der Waals surface area contributed by atoms with E-state index in [0.717, 1.165) is 18.4 Å². The van der Waals surface area contributed by atoms with E-state index < -0.39 is 0 Å². The first-order chi connectivity index (χ1) is 16.0. The summed E-state index contributed by atoms with van der Waals surface area (Å²) in [5, 5.41) is 0.368. The number of aliphatic imine (C=N–C) groups is 2. The van der Waals surface area contributed by atoms with E-state index in [-0.39, 0.29) is 12.5 Å². The molecule has 2 aromatic carbocycles. The molecule has 1 amide bonds. The minimum Gasteiger partial charge on any atom is -0.327 e. The molecule has 2 aromatic rings. The highest BCUT2D eigenvalue weighted by Gasteiger charge is 2.27. The van der Waals surface area contributed by atoms with Crippen molar-refractivity contribution in [2.24, 2.45) is 9.98 Å². The van der Waals surface area contributed by atoms with Gasteiger partial charge in [0, 0.05) is 43.5 Å². The first-order valence-electron chi connectivity index (χ1n) is 11.0. The van der Waals surface area contributed by atoms with Crippen molar-refractivity contribution < 1.29 is 9.59 Å². The molecule has 172 valence electrons. The number of likely N-dealkylation sites (N-methyl/N-ethyl adjacent to an activating group) is 1. The third-order valence-electron chi connectivity index (χ3n) is 5.65. The van der Waals surface area contributed by atoms with Crippen molar-refractivity contribution in [3.8, 4) is 0 Å². The van der Waals surface area contributed by atoms with Gasteiger partial charge in [-0.05, 0) is 49.9 Å². The number of aldehydes is 1. The number of benzene rings is 2. The van der Waals surface area contributed by atoms with Crippen LogP contribution in [0.15, 0.2) is 57.5 Å². The van der Waals surface area contributed by atoms with E-state index in [0.29, 0.717) is 34.9 Å². The monoisotopic (exact) mass is 464 g/mol. The number of hydrogen-bond donors (Lipinski definition) is 0. The van der Waals surface area contributed by atoms with Gasteiger partial charge >= 0.3 is 0 Å². The normalized spacial score (nSPS) is 16.0. The summed E-state index contributed by atoms with van der Waals surface area (Å²) in [5.41, 5.74) is 5.66. The molecule has 0 saturated carbocycles. The fourth-order valence-electron chi connectivity index (χ4n) is 3.92. The van der Waals surface area contributed by atoms with Gasteiger partial charge in [0.15, 0.2) is 0 Å². The van der Waals surface area contributed by atoms with E-state index in [1.54, 1.807) is 6.07 Å². The lowest BCUT2D eigenvalue weighted by molar-refractivity contribution is -0.108. The molecule has 0 saturated heterocycles. The van der Waals surface area contributed by atoms with Gasteiger partial charge in [0.05, 0.1) is 17.3 Å². The molecule has 0 spiro atoms. The highest BCUT2D eigenvalue weighted by Crippen LogP contribution is 2.28. The van der Waals surface area contributed by atoms with Crippen LogP contribution in [0.4, 0.5) is 0 Å². The third kappa shape index (κ3) is 6.03. The molecule has 2 heterocycles. The van der Waals surface area contributed by atoms with Crippen LogP contribution in [-0.2, 0) is 24.3 Å². The van der Waals surface area contributed by atoms with Gasteiger partial charge in [0.1, 0.15) is 6.29 Å². The van der Waals surface area contributed by atoms with Gasteiger partial charge < -0.3 is 14.6 Å². The van der Waals surface area contributed by atoms with Crippen LogP contribution in [0.25, 0.3) is 5.70 Å². The summed E-state index contributed by atoms with van der Waals surface area (Å²) in [4.78, 5) is 34.7. The van der Waals surface area contributed by atoms with E-state index in [2.05, 4.69) is 52.9 Å². The highest BCUT2D eigenvalue weighted by atomic mass is 35.5. The topological polar surface area (TPSA) is 65.3 Å². The lowest BCUT2D eigenvalue weighted by Crippen LogP contribution is -2.26. The Morgan fingerprint density at radius 1 is 1.15 bits per heavy atom. The number of carbonyl (C=O) groups excluding carboxylic acids is 2. The molecule has 2 aliphatic heterocycles. The molecule has 7 heteroatoms. The zero-order valence-electron chi connectivity index (χ0n) is 19.1. The minimum absolute atomic E-state index is 0.0924. The van der Waals surface area contributed by atoms with Crippen molar-refractivity contribution in [3.63, 3.8) is 0 Å². The van der Waals surface area contributed by atoms with Gasteiger partial charge in [-0.15, -0.1) is 0 Å². The molecule has 0 aromatic heterocycles. The quantitative estimate of drug-likeness (QED) is 0.475. The maximum absolute atomic E-state index is 12.2. The Balaban J connectivity index is 0.000000231. The van der Waals surface area contributed by atoms with Gasteiger partial charge in [-0.1, -0.05) is 48.0 Å². The molecular formula is C26H29ClN4O2. The largest absolute Gasteiger partial charge is 0.327 e. The molecule has 6 nitrogen and oxygen atoms in total. The molecule has 0 atom stereocenters. The molecule has 0 bridgehead atoms. The zero-order chi connectivity index (χ0) is 23.8. The first-order valence-corrected chi connectivity index (χ1v) is 11.3. The van der Waals surface area contributed by atoms with Gasteiger partial charge in [0.25, 0.3) is 5.91 Å². The summed E-state index contributed by atoms with van der Waals surface area (Å²) in [6, 6.07) is 14.1. The Morgan fingerprint density at radius 3 is 2.61 bits per heavy atom. The van der Waals surface area contributed by atoms with Crippen LogP contribution in [-0.4, -0.2) is 61.6 Å². The molecule has 4 rings (SSSR count). The molecule has 0 aliphatic carbocycles. The average molecular weight is 465 g/mol. The number of rotatable bonds is 6. The number of carbonyl (C=O) groups is 2. The lowest BCUT2D eigenvalue weighted by Gasteiger charge is -2.24. The van der Waals surface area contributed by atoms with Crippen molar-refractivity contribution in [1.82, 2.24) is 9.80 Å². The summed E-state index contributed by atoms with van der Waals surface area (Å²) in [7, 11) is 2.18. The third-order valence-corrected chi connectivity index (χ3v) is 5.93. The number of hydrogen-bond acceptors (Lipinski definition) is 5. The highest BCUT2D eigenvalue weighted by molar-refractivity contribution is 6.42. The van der Waals surface area contributed by atoms with Crippen LogP contribution in [0, 0.1) is 0 Å². The van der Waals surface area contributed by atoms with E-state index in [9.17, 15) is 9.59 Å². The van der Waals surface area contributed by atoms with Gasteiger partial charge in [-0.2, -0.15) is 0 Å². The molecular weight excluding hydrogens is 436 g/mol. The maximum Gasteiger partial charge on any atom is 0.254 e. The molecule has 0 unspecified atom stereocenters. The van der Waals surface area contributed by atoms with E-state index in [1.165, 1.54) is 35.2 Å². The second-order valence-electron chi connectivity index (χ2n) is 7.96. The fraction of sp³-hybridized carbons (Fsp3) is 0.308. The number of amides is 1. The van der Waals surface area contributed by atoms with Crippen LogP contribution >= 0.6 is 11.6 Å². The molecule has 2 aliphatic rings. The van der Waals surface area contributed by atoms with Crippen LogP contribution in [0.3, 0.4) is 0 Å². The van der Waals surface area contributed by atoms with Crippen LogP contribution in [0.2, 0.25) is 0 Å². The maximum atomic E-state index is 12.2. The summed E-state index contributed by atoms with van der Waals surface area (Å²) in [6.45, 7) is 8.91. The number of fused-ring (bicyclic) bond motifs is 2. The predicted molar refractivity (Wildman–Crippen MR) is 135 cm³/mol. The Labute approximate surface area is 200 Å². The Hall–Kier alpha value is -3.09. The standard InChI is InChI=1S/C16H16ClN3O2.C10H13N/c1-3-19-9-14(17)15(18-2)11-4-5-12-10-20(6-7-21)16(22)13(12)8-11;1-11-7-6-9-4-2-3-5-10(9)8-11/h4-5,7-9H,2-3,6,10H2,1H3;2-5H,6-8H2,1H3/b15-14+,19-9?;. The fourth-order valence-corrected chi connectivity index (χ4v) is 4.16. The number of nitrogens with zero attached hydrogens (tertiary/aromatic N) is 4. The predicted octanol–water partition coefficient (Wildman–Crippen LogP) is 4.21. The summed E-state index contributed by atoms with van der Waals surface area (Å²) < 4.78 is 0. The average Bonchev–Trinajstić information content (AvgIpc) is 3.13.